The number of rotatable bonds is 17. The molecule has 0 aliphatic rings. The van der Waals surface area contributed by atoms with Crippen LogP contribution < -0.4 is 9.47 Å². The van der Waals surface area contributed by atoms with Gasteiger partial charge in [0.1, 0.15) is 12.7 Å². The van der Waals surface area contributed by atoms with Gasteiger partial charge in [-0.15, -0.1) is 0 Å². The molecular formula is C22H40N2O4. The molecule has 6 nitrogen and oxygen atoms in total. The fourth-order valence-electron chi connectivity index (χ4n) is 2.90. The van der Waals surface area contributed by atoms with Crippen molar-refractivity contribution in [1.82, 2.24) is 9.80 Å². The van der Waals surface area contributed by atoms with Crippen molar-refractivity contribution in [2.45, 2.75) is 33.8 Å². The molecule has 0 fully saturated rings. The van der Waals surface area contributed by atoms with Crippen LogP contribution in [0.4, 0.5) is 0 Å². The Morgan fingerprint density at radius 3 is 1.93 bits per heavy atom. The molecule has 0 heterocycles. The van der Waals surface area contributed by atoms with Crippen LogP contribution in [0.15, 0.2) is 24.3 Å². The maximum absolute atomic E-state index is 6.09. The Kier molecular flexibility index (Phi) is 13.7. The summed E-state index contributed by atoms with van der Waals surface area (Å²) in [6, 6.07) is 7.67. The Morgan fingerprint density at radius 2 is 1.36 bits per heavy atom. The molecule has 0 aliphatic heterocycles. The summed E-state index contributed by atoms with van der Waals surface area (Å²) in [5, 5.41) is 0. The van der Waals surface area contributed by atoms with Crippen molar-refractivity contribution in [3.8, 4) is 11.5 Å². The van der Waals surface area contributed by atoms with Gasteiger partial charge in [-0.3, -0.25) is 0 Å². The van der Waals surface area contributed by atoms with Crippen LogP contribution in [0, 0.1) is 0 Å². The number of hydrogen-bond donors (Lipinski definition) is 0. The van der Waals surface area contributed by atoms with Crippen molar-refractivity contribution in [3.05, 3.63) is 24.3 Å². The van der Waals surface area contributed by atoms with Crippen LogP contribution in [0.25, 0.3) is 0 Å². The molecule has 0 aliphatic carbocycles. The van der Waals surface area contributed by atoms with Gasteiger partial charge in [-0.2, -0.15) is 0 Å². The fourth-order valence-corrected chi connectivity index (χ4v) is 2.90. The Balaban J connectivity index is 2.51. The average molecular weight is 397 g/mol. The lowest BCUT2D eigenvalue weighted by atomic mass is 10.3. The van der Waals surface area contributed by atoms with E-state index in [4.69, 9.17) is 18.9 Å². The monoisotopic (exact) mass is 396 g/mol. The SMILES string of the molecule is CCN(CC)CCOCC(COc1ccccc1OC)OCCN(CC)CC. The first-order valence-electron chi connectivity index (χ1n) is 10.6. The fraction of sp³-hybridized carbons (Fsp3) is 0.727. The van der Waals surface area contributed by atoms with Crippen molar-refractivity contribution in [1.29, 1.82) is 0 Å². The van der Waals surface area contributed by atoms with Crippen molar-refractivity contribution in [2.24, 2.45) is 0 Å². The number of likely N-dealkylation sites (N-methyl/N-ethyl adjacent to an activating group) is 2. The van der Waals surface area contributed by atoms with E-state index >= 15 is 0 Å². The normalized spacial score (nSPS) is 12.5. The van der Waals surface area contributed by atoms with Gasteiger partial charge in [-0.05, 0) is 38.3 Å². The van der Waals surface area contributed by atoms with Crippen LogP contribution in [0.3, 0.4) is 0 Å². The third-order valence-corrected chi connectivity index (χ3v) is 4.90. The molecular weight excluding hydrogens is 356 g/mol. The zero-order chi connectivity index (χ0) is 20.6. The number of methoxy groups -OCH3 is 1. The average Bonchev–Trinajstić information content (AvgIpc) is 2.74. The zero-order valence-electron chi connectivity index (χ0n) is 18.5. The number of nitrogens with zero attached hydrogens (tertiary/aromatic N) is 2. The second kappa shape index (κ2) is 15.6. The molecule has 1 rings (SSSR count). The van der Waals surface area contributed by atoms with Crippen molar-refractivity contribution in [3.63, 3.8) is 0 Å². The molecule has 0 N–H and O–H groups in total. The summed E-state index contributed by atoms with van der Waals surface area (Å²) in [5.41, 5.74) is 0. The van der Waals surface area contributed by atoms with Gasteiger partial charge in [0.2, 0.25) is 0 Å². The van der Waals surface area contributed by atoms with E-state index in [1.807, 2.05) is 24.3 Å². The summed E-state index contributed by atoms with van der Waals surface area (Å²) < 4.78 is 23.3. The summed E-state index contributed by atoms with van der Waals surface area (Å²) in [7, 11) is 1.65. The van der Waals surface area contributed by atoms with Gasteiger partial charge in [0.25, 0.3) is 0 Å². The molecule has 0 radical (unpaired) electrons. The summed E-state index contributed by atoms with van der Waals surface area (Å²) in [6.07, 6.45) is -0.114. The Morgan fingerprint density at radius 1 is 0.786 bits per heavy atom. The summed E-state index contributed by atoms with van der Waals surface area (Å²) in [5.74, 6) is 1.46. The van der Waals surface area contributed by atoms with E-state index in [9.17, 15) is 0 Å². The molecule has 0 saturated carbocycles. The minimum atomic E-state index is -0.114. The Labute approximate surface area is 171 Å². The second-order valence-corrected chi connectivity index (χ2v) is 6.58. The third-order valence-electron chi connectivity index (χ3n) is 4.90. The Bertz CT molecular complexity index is 493. The van der Waals surface area contributed by atoms with E-state index in [2.05, 4.69) is 37.5 Å². The molecule has 1 aromatic carbocycles. The number of ether oxygens (including phenoxy) is 4. The molecule has 0 bridgehead atoms. The second-order valence-electron chi connectivity index (χ2n) is 6.58. The first-order chi connectivity index (χ1) is 13.7. The third kappa shape index (κ3) is 9.73. The molecule has 6 heteroatoms. The minimum Gasteiger partial charge on any atom is -0.493 e. The Hall–Kier alpha value is -1.34. The molecule has 1 unspecified atom stereocenters. The van der Waals surface area contributed by atoms with E-state index in [-0.39, 0.29) is 6.10 Å². The molecule has 0 amide bonds. The predicted octanol–water partition coefficient (Wildman–Crippen LogP) is 3.16. The van der Waals surface area contributed by atoms with E-state index in [0.29, 0.717) is 26.4 Å². The van der Waals surface area contributed by atoms with E-state index in [0.717, 1.165) is 50.8 Å². The van der Waals surface area contributed by atoms with Gasteiger partial charge >= 0.3 is 0 Å². The van der Waals surface area contributed by atoms with Gasteiger partial charge in [-0.25, -0.2) is 0 Å². The predicted molar refractivity (Wildman–Crippen MR) is 115 cm³/mol. The van der Waals surface area contributed by atoms with Crippen LogP contribution in [-0.2, 0) is 9.47 Å². The molecule has 0 saturated heterocycles. The highest BCUT2D eigenvalue weighted by atomic mass is 16.6. The number of hydrogen-bond acceptors (Lipinski definition) is 6. The van der Waals surface area contributed by atoms with Crippen molar-refractivity contribution < 1.29 is 18.9 Å². The highest BCUT2D eigenvalue weighted by Crippen LogP contribution is 2.25. The molecule has 1 aromatic rings. The van der Waals surface area contributed by atoms with Gasteiger partial charge in [-0.1, -0.05) is 39.8 Å². The summed E-state index contributed by atoms with van der Waals surface area (Å²) >= 11 is 0. The van der Waals surface area contributed by atoms with E-state index in [1.54, 1.807) is 7.11 Å². The lowest BCUT2D eigenvalue weighted by Crippen LogP contribution is -2.34. The van der Waals surface area contributed by atoms with Gasteiger partial charge in [0.15, 0.2) is 11.5 Å². The highest BCUT2D eigenvalue weighted by molar-refractivity contribution is 5.39. The van der Waals surface area contributed by atoms with Crippen LogP contribution in [-0.4, -0.2) is 88.7 Å². The standard InChI is InChI=1S/C22H40N2O4/c1-6-23(7-2)14-16-26-18-20(27-17-15-24(8-3)9-4)19-28-22-13-11-10-12-21(22)25-5/h10-13,20H,6-9,14-19H2,1-5H3. The molecule has 1 atom stereocenters. The van der Waals surface area contributed by atoms with Crippen LogP contribution in [0.2, 0.25) is 0 Å². The largest absolute Gasteiger partial charge is 0.493 e. The van der Waals surface area contributed by atoms with Crippen LogP contribution in [0.5, 0.6) is 11.5 Å². The quantitative estimate of drug-likeness (QED) is 0.377. The summed E-state index contributed by atoms with van der Waals surface area (Å²) in [4.78, 5) is 4.70. The lowest BCUT2D eigenvalue weighted by Gasteiger charge is -2.23. The van der Waals surface area contributed by atoms with Gasteiger partial charge in [0, 0.05) is 13.1 Å². The van der Waals surface area contributed by atoms with Crippen LogP contribution in [0.1, 0.15) is 27.7 Å². The molecule has 162 valence electrons. The van der Waals surface area contributed by atoms with Crippen molar-refractivity contribution >= 4 is 0 Å². The molecule has 0 aromatic heterocycles. The minimum absolute atomic E-state index is 0.114. The number of benzene rings is 1. The lowest BCUT2D eigenvalue weighted by molar-refractivity contribution is -0.0446. The summed E-state index contributed by atoms with van der Waals surface area (Å²) in [6.45, 7) is 17.0. The molecule has 28 heavy (non-hydrogen) atoms. The maximum atomic E-state index is 6.09. The van der Waals surface area contributed by atoms with E-state index in [1.165, 1.54) is 0 Å². The number of para-hydroxylation sites is 2. The highest BCUT2D eigenvalue weighted by Gasteiger charge is 2.14. The van der Waals surface area contributed by atoms with Crippen LogP contribution >= 0.6 is 0 Å². The molecule has 0 spiro atoms. The smallest absolute Gasteiger partial charge is 0.161 e. The maximum Gasteiger partial charge on any atom is 0.161 e. The zero-order valence-corrected chi connectivity index (χ0v) is 18.5. The first-order valence-corrected chi connectivity index (χ1v) is 10.6. The van der Waals surface area contributed by atoms with Crippen molar-refractivity contribution in [2.75, 3.05) is 72.8 Å². The van der Waals surface area contributed by atoms with Gasteiger partial charge in [0.05, 0.1) is 26.9 Å². The first kappa shape index (κ1) is 24.7. The van der Waals surface area contributed by atoms with Gasteiger partial charge < -0.3 is 28.7 Å². The topological polar surface area (TPSA) is 43.4 Å². The van der Waals surface area contributed by atoms with E-state index < -0.39 is 0 Å².